The minimum atomic E-state index is 0.215. The SMILES string of the molecule is [CH2-][C@@H]1CCC[C@@]12CCC[C@@H]2[NH-].[I][Pt+2][I]. The Kier molecular flexibility index (Phi) is 6.83. The third-order valence-corrected chi connectivity index (χ3v) is 3.84. The zero-order valence-electron chi connectivity index (χ0n) is 8.18. The molecule has 0 aromatic rings. The maximum atomic E-state index is 7.97. The number of rotatable bonds is 0. The second kappa shape index (κ2) is 6.75. The average Bonchev–Trinajstić information content (AvgIpc) is 2.66. The second-order valence-corrected chi connectivity index (χ2v) is 20.9. The number of hydrogen-bond acceptors (Lipinski definition) is 0. The zero-order chi connectivity index (χ0) is 10.6. The first kappa shape index (κ1) is 14.2. The summed E-state index contributed by atoms with van der Waals surface area (Å²) in [4.78, 5) is 0. The molecule has 2 fully saturated rings. The molecule has 0 saturated heterocycles. The molecule has 0 aliphatic heterocycles. The molecule has 2 saturated carbocycles. The Morgan fingerprint density at radius 3 is 2.07 bits per heavy atom. The first-order chi connectivity index (χ1) is 6.67. The van der Waals surface area contributed by atoms with Crippen LogP contribution in [-0.4, -0.2) is 6.04 Å². The Hall–Kier alpha value is 2.11. The molecule has 0 radical (unpaired) electrons. The molecule has 0 aromatic carbocycles. The van der Waals surface area contributed by atoms with Gasteiger partial charge in [-0.05, 0) is 0 Å². The fraction of sp³-hybridized carbons (Fsp3) is 0.900. The molecular formula is C10H17I2NPt. The Morgan fingerprint density at radius 1 is 1.21 bits per heavy atom. The molecule has 0 unspecified atom stereocenters. The minimum absolute atomic E-state index is 0.215. The van der Waals surface area contributed by atoms with E-state index in [0.29, 0.717) is 22.5 Å². The Bertz CT molecular complexity index is 160. The molecule has 1 N–H and O–H groups in total. The van der Waals surface area contributed by atoms with Gasteiger partial charge in [-0.3, -0.25) is 0 Å². The van der Waals surface area contributed by atoms with Gasteiger partial charge in [-0.15, -0.1) is 6.04 Å². The molecular weight excluding hydrogens is 583 g/mol. The van der Waals surface area contributed by atoms with E-state index in [0.717, 1.165) is 6.42 Å². The fourth-order valence-corrected chi connectivity index (χ4v) is 3.05. The number of hydrogen-bond donors (Lipinski definition) is 0. The van der Waals surface area contributed by atoms with Crippen LogP contribution in [0.2, 0.25) is 0 Å². The van der Waals surface area contributed by atoms with Crippen LogP contribution in [0.15, 0.2) is 0 Å². The molecule has 3 atom stereocenters. The third-order valence-electron chi connectivity index (χ3n) is 3.84. The van der Waals surface area contributed by atoms with E-state index < -0.39 is 0 Å². The second-order valence-electron chi connectivity index (χ2n) is 4.31. The van der Waals surface area contributed by atoms with E-state index in [1.165, 1.54) is 32.1 Å². The van der Waals surface area contributed by atoms with Crippen molar-refractivity contribution < 1.29 is 11.2 Å². The molecule has 86 valence electrons. The maximum absolute atomic E-state index is 7.97. The van der Waals surface area contributed by atoms with E-state index in [1.54, 1.807) is 0 Å². The van der Waals surface area contributed by atoms with E-state index in [1.807, 2.05) is 0 Å². The van der Waals surface area contributed by atoms with E-state index in [9.17, 15) is 0 Å². The van der Waals surface area contributed by atoms with Crippen LogP contribution in [0.5, 0.6) is 0 Å². The summed E-state index contributed by atoms with van der Waals surface area (Å²) in [6, 6.07) is 0.215. The van der Waals surface area contributed by atoms with Crippen LogP contribution in [0.3, 0.4) is 0 Å². The van der Waals surface area contributed by atoms with Crippen molar-refractivity contribution in [3.63, 3.8) is 0 Å². The van der Waals surface area contributed by atoms with Crippen LogP contribution < -0.4 is 0 Å². The summed E-state index contributed by atoms with van der Waals surface area (Å²) in [6.07, 6.45) is 7.58. The van der Waals surface area contributed by atoms with Crippen LogP contribution in [0.4, 0.5) is 0 Å². The average molecular weight is 600 g/mol. The van der Waals surface area contributed by atoms with Gasteiger partial charge in [0.1, 0.15) is 0 Å². The van der Waals surface area contributed by atoms with Gasteiger partial charge >= 0.3 is 49.9 Å². The molecule has 0 amide bonds. The Labute approximate surface area is 117 Å². The molecule has 14 heavy (non-hydrogen) atoms. The summed E-state index contributed by atoms with van der Waals surface area (Å²) in [5, 5.41) is 0. The van der Waals surface area contributed by atoms with Crippen molar-refractivity contribution in [2.24, 2.45) is 11.3 Å². The van der Waals surface area contributed by atoms with Gasteiger partial charge in [0, 0.05) is 0 Å². The molecule has 2 aliphatic rings. The van der Waals surface area contributed by atoms with Crippen molar-refractivity contribution in [3.05, 3.63) is 12.7 Å². The summed E-state index contributed by atoms with van der Waals surface area (Å²) in [5.74, 6) is 0.590. The standard InChI is InChI=1S/C10H17N.2HI.Pt/c1-8-4-2-6-10(8)7-3-5-9(10)11;;;/h8-9,11H,1-7H2;2*1H;/q-2;;;+4/p-2/t8-,9+,10-;;;/m1.../s1. The summed E-state index contributed by atoms with van der Waals surface area (Å²) < 4.78 is 0. The molecule has 1 nitrogen and oxygen atoms in total. The first-order valence-electron chi connectivity index (χ1n) is 5.04. The van der Waals surface area contributed by atoms with Gasteiger partial charge < -0.3 is 12.7 Å². The van der Waals surface area contributed by atoms with Gasteiger partial charge in [0.15, 0.2) is 0 Å². The topological polar surface area (TPSA) is 23.8 Å². The molecule has 0 bridgehead atoms. The summed E-state index contributed by atoms with van der Waals surface area (Å²) in [6.45, 7) is 4.20. The van der Waals surface area contributed by atoms with Crippen molar-refractivity contribution in [1.29, 1.82) is 0 Å². The Balaban J connectivity index is 0.000000293. The summed E-state index contributed by atoms with van der Waals surface area (Å²) >= 11 is 5.30. The van der Waals surface area contributed by atoms with Crippen molar-refractivity contribution in [2.45, 2.75) is 44.6 Å². The third kappa shape index (κ3) is 3.07. The summed E-state index contributed by atoms with van der Waals surface area (Å²) in [7, 11) is 0. The predicted octanol–water partition coefficient (Wildman–Crippen LogP) is 4.98. The van der Waals surface area contributed by atoms with E-state index in [4.69, 9.17) is 5.73 Å². The van der Waals surface area contributed by atoms with Gasteiger partial charge in [0.2, 0.25) is 0 Å². The molecule has 0 aromatic heterocycles. The van der Waals surface area contributed by atoms with Gasteiger partial charge in [0.05, 0.1) is 0 Å². The molecule has 2 rings (SSSR count). The monoisotopic (exact) mass is 600 g/mol. The molecule has 0 heterocycles. The van der Waals surface area contributed by atoms with Crippen LogP contribution >= 0.6 is 38.7 Å². The number of halogens is 2. The van der Waals surface area contributed by atoms with E-state index >= 15 is 0 Å². The van der Waals surface area contributed by atoms with Crippen LogP contribution in [0.1, 0.15) is 38.5 Å². The molecule has 4 heteroatoms. The van der Waals surface area contributed by atoms with Gasteiger partial charge in [-0.1, -0.05) is 43.9 Å². The van der Waals surface area contributed by atoms with Crippen LogP contribution in [-0.2, 0) is 11.2 Å². The van der Waals surface area contributed by atoms with Crippen LogP contribution in [0.25, 0.3) is 5.73 Å². The van der Waals surface area contributed by atoms with Gasteiger partial charge in [0.25, 0.3) is 0 Å². The predicted molar refractivity (Wildman–Crippen MR) is 75.1 cm³/mol. The zero-order valence-corrected chi connectivity index (χ0v) is 14.8. The van der Waals surface area contributed by atoms with Gasteiger partial charge in [-0.25, -0.2) is 0 Å². The van der Waals surface area contributed by atoms with E-state index in [2.05, 4.69) is 45.6 Å². The van der Waals surface area contributed by atoms with Crippen molar-refractivity contribution in [3.8, 4) is 0 Å². The van der Waals surface area contributed by atoms with E-state index in [-0.39, 0.29) is 6.04 Å². The Morgan fingerprint density at radius 2 is 1.71 bits per heavy atom. The van der Waals surface area contributed by atoms with Crippen molar-refractivity contribution in [1.82, 2.24) is 0 Å². The quantitative estimate of drug-likeness (QED) is 0.277. The summed E-state index contributed by atoms with van der Waals surface area (Å²) in [5.41, 5.74) is 8.33. The fourth-order valence-electron chi connectivity index (χ4n) is 3.05. The van der Waals surface area contributed by atoms with Gasteiger partial charge in [-0.2, -0.15) is 5.92 Å². The molecule has 2 aliphatic carbocycles. The molecule has 1 spiro atoms. The van der Waals surface area contributed by atoms with Crippen molar-refractivity contribution >= 4 is 38.7 Å². The van der Waals surface area contributed by atoms with Crippen LogP contribution in [0, 0.1) is 18.3 Å². The first-order valence-corrected chi connectivity index (χ1v) is 17.9. The number of nitrogens with one attached hydrogen (secondary N) is 1. The van der Waals surface area contributed by atoms with Crippen molar-refractivity contribution in [2.75, 3.05) is 0 Å². The normalized spacial score (nSPS) is 41.4.